The standard InChI is InChI=1S/C21H36N2O4/c1-22(12-13-24)15-18-8-9-20(26-2)14-21(18)27-17-19(25)16-23-10-6-4-3-5-7-11-23/h8-9,14,19,24-25H,3-7,10-13,15-17H2,1-2H3. The van der Waals surface area contributed by atoms with Crippen LogP contribution in [-0.2, 0) is 6.54 Å². The third kappa shape index (κ3) is 8.05. The third-order valence-corrected chi connectivity index (χ3v) is 5.05. The summed E-state index contributed by atoms with van der Waals surface area (Å²) in [7, 11) is 3.59. The van der Waals surface area contributed by atoms with E-state index in [0.717, 1.165) is 30.2 Å². The van der Waals surface area contributed by atoms with E-state index in [1.54, 1.807) is 7.11 Å². The molecule has 2 N–H and O–H groups in total. The Bertz CT molecular complexity index is 533. The summed E-state index contributed by atoms with van der Waals surface area (Å²) in [6, 6.07) is 5.75. The minimum absolute atomic E-state index is 0.122. The van der Waals surface area contributed by atoms with E-state index in [0.29, 0.717) is 19.6 Å². The van der Waals surface area contributed by atoms with E-state index in [4.69, 9.17) is 14.6 Å². The van der Waals surface area contributed by atoms with Gasteiger partial charge in [-0.15, -0.1) is 0 Å². The van der Waals surface area contributed by atoms with Gasteiger partial charge in [0, 0.05) is 31.3 Å². The van der Waals surface area contributed by atoms with Crippen molar-refractivity contribution in [3.63, 3.8) is 0 Å². The first-order chi connectivity index (χ1) is 13.1. The Morgan fingerprint density at radius 1 is 1.15 bits per heavy atom. The molecule has 6 heteroatoms. The summed E-state index contributed by atoms with van der Waals surface area (Å²) in [5.41, 5.74) is 1.02. The fourth-order valence-corrected chi connectivity index (χ4v) is 3.50. The van der Waals surface area contributed by atoms with Crippen LogP contribution in [0.15, 0.2) is 18.2 Å². The Kier molecular flexibility index (Phi) is 9.91. The van der Waals surface area contributed by atoms with E-state index in [-0.39, 0.29) is 13.2 Å². The molecule has 1 aliphatic rings. The molecular weight excluding hydrogens is 344 g/mol. The zero-order valence-electron chi connectivity index (χ0n) is 16.9. The molecule has 1 heterocycles. The van der Waals surface area contributed by atoms with Crippen molar-refractivity contribution in [1.82, 2.24) is 9.80 Å². The Labute approximate surface area is 163 Å². The van der Waals surface area contributed by atoms with Crippen molar-refractivity contribution >= 4 is 0 Å². The predicted molar refractivity (Wildman–Crippen MR) is 107 cm³/mol. The number of benzene rings is 1. The van der Waals surface area contributed by atoms with Crippen molar-refractivity contribution in [3.8, 4) is 11.5 Å². The summed E-state index contributed by atoms with van der Waals surface area (Å²) in [4.78, 5) is 4.39. The van der Waals surface area contributed by atoms with Crippen molar-refractivity contribution in [3.05, 3.63) is 23.8 Å². The van der Waals surface area contributed by atoms with Gasteiger partial charge in [0.1, 0.15) is 24.2 Å². The fourth-order valence-electron chi connectivity index (χ4n) is 3.50. The maximum absolute atomic E-state index is 10.5. The van der Waals surface area contributed by atoms with E-state index in [1.807, 2.05) is 30.1 Å². The number of likely N-dealkylation sites (N-methyl/N-ethyl adjacent to an activating group) is 1. The smallest absolute Gasteiger partial charge is 0.127 e. The highest BCUT2D eigenvalue weighted by Crippen LogP contribution is 2.26. The molecule has 0 amide bonds. The van der Waals surface area contributed by atoms with Crippen LogP contribution in [0.5, 0.6) is 11.5 Å². The Morgan fingerprint density at radius 2 is 1.85 bits per heavy atom. The first kappa shape index (κ1) is 22.0. The molecule has 1 aliphatic heterocycles. The molecule has 27 heavy (non-hydrogen) atoms. The van der Waals surface area contributed by atoms with Crippen molar-refractivity contribution in [2.24, 2.45) is 0 Å². The molecule has 1 atom stereocenters. The SMILES string of the molecule is COc1ccc(CN(C)CCO)c(OCC(O)CN2CCCCCCC2)c1. The summed E-state index contributed by atoms with van der Waals surface area (Å²) in [6.45, 7) is 4.44. The monoisotopic (exact) mass is 380 g/mol. The van der Waals surface area contributed by atoms with Crippen LogP contribution in [0.4, 0.5) is 0 Å². The molecule has 2 rings (SSSR count). The molecule has 6 nitrogen and oxygen atoms in total. The molecule has 0 spiro atoms. The Morgan fingerprint density at radius 3 is 2.52 bits per heavy atom. The molecule has 0 saturated carbocycles. The Balaban J connectivity index is 1.91. The fraction of sp³-hybridized carbons (Fsp3) is 0.714. The van der Waals surface area contributed by atoms with Gasteiger partial charge in [-0.3, -0.25) is 4.90 Å². The number of likely N-dealkylation sites (tertiary alicyclic amines) is 1. The molecular formula is C21H36N2O4. The highest BCUT2D eigenvalue weighted by Gasteiger charge is 2.15. The van der Waals surface area contributed by atoms with Gasteiger partial charge in [0.25, 0.3) is 0 Å². The summed E-state index contributed by atoms with van der Waals surface area (Å²) in [6.07, 6.45) is 5.83. The number of rotatable bonds is 10. The lowest BCUT2D eigenvalue weighted by Crippen LogP contribution is -2.37. The zero-order valence-corrected chi connectivity index (χ0v) is 16.9. The third-order valence-electron chi connectivity index (χ3n) is 5.05. The number of methoxy groups -OCH3 is 1. The summed E-state index contributed by atoms with van der Waals surface area (Å²) in [5, 5.41) is 19.6. The number of nitrogens with zero attached hydrogens (tertiary/aromatic N) is 2. The van der Waals surface area contributed by atoms with Crippen molar-refractivity contribution < 1.29 is 19.7 Å². The second-order valence-corrected chi connectivity index (χ2v) is 7.47. The van der Waals surface area contributed by atoms with Crippen LogP contribution < -0.4 is 9.47 Å². The molecule has 1 aromatic carbocycles. The van der Waals surface area contributed by atoms with Crippen LogP contribution in [0.1, 0.15) is 37.7 Å². The van der Waals surface area contributed by atoms with Gasteiger partial charge in [-0.1, -0.05) is 25.3 Å². The average Bonchev–Trinajstić information content (AvgIpc) is 2.63. The predicted octanol–water partition coefficient (Wildman–Crippen LogP) is 2.13. The quantitative estimate of drug-likeness (QED) is 0.648. The molecule has 0 radical (unpaired) electrons. The van der Waals surface area contributed by atoms with Crippen LogP contribution in [0, 0.1) is 0 Å². The lowest BCUT2D eigenvalue weighted by atomic mass is 10.1. The van der Waals surface area contributed by atoms with E-state index >= 15 is 0 Å². The molecule has 0 aliphatic carbocycles. The van der Waals surface area contributed by atoms with Crippen LogP contribution >= 0.6 is 0 Å². The molecule has 1 aromatic rings. The van der Waals surface area contributed by atoms with Crippen LogP contribution in [0.2, 0.25) is 0 Å². The number of hydrogen-bond acceptors (Lipinski definition) is 6. The zero-order chi connectivity index (χ0) is 19.5. The topological polar surface area (TPSA) is 65.4 Å². The first-order valence-electron chi connectivity index (χ1n) is 10.1. The van der Waals surface area contributed by atoms with E-state index < -0.39 is 6.10 Å². The summed E-state index contributed by atoms with van der Waals surface area (Å²) < 4.78 is 11.3. The second kappa shape index (κ2) is 12.2. The minimum Gasteiger partial charge on any atom is -0.497 e. The number of β-amino-alcohol motifs (C(OH)–C–C–N with tert-alkyl or cyclic N) is 1. The van der Waals surface area contributed by atoms with Gasteiger partial charge in [-0.2, -0.15) is 0 Å². The largest absolute Gasteiger partial charge is 0.497 e. The molecule has 1 unspecified atom stereocenters. The van der Waals surface area contributed by atoms with Crippen molar-refractivity contribution in [2.75, 3.05) is 53.6 Å². The van der Waals surface area contributed by atoms with Gasteiger partial charge in [-0.05, 0) is 39.0 Å². The number of ether oxygens (including phenoxy) is 2. The molecule has 1 saturated heterocycles. The number of hydrogen-bond donors (Lipinski definition) is 2. The maximum atomic E-state index is 10.5. The molecule has 0 bridgehead atoms. The van der Waals surface area contributed by atoms with E-state index in [1.165, 1.54) is 32.1 Å². The van der Waals surface area contributed by atoms with Crippen LogP contribution in [0.3, 0.4) is 0 Å². The number of aliphatic hydroxyl groups excluding tert-OH is 2. The van der Waals surface area contributed by atoms with Crippen LogP contribution in [-0.4, -0.2) is 79.7 Å². The summed E-state index contributed by atoms with van der Waals surface area (Å²) >= 11 is 0. The second-order valence-electron chi connectivity index (χ2n) is 7.47. The van der Waals surface area contributed by atoms with Crippen molar-refractivity contribution in [1.29, 1.82) is 0 Å². The first-order valence-corrected chi connectivity index (χ1v) is 10.1. The van der Waals surface area contributed by atoms with Gasteiger partial charge in [0.2, 0.25) is 0 Å². The van der Waals surface area contributed by atoms with Gasteiger partial charge < -0.3 is 24.6 Å². The minimum atomic E-state index is -0.515. The Hall–Kier alpha value is -1.34. The lowest BCUT2D eigenvalue weighted by Gasteiger charge is -2.27. The van der Waals surface area contributed by atoms with E-state index in [9.17, 15) is 5.11 Å². The lowest BCUT2D eigenvalue weighted by molar-refractivity contribution is 0.0647. The normalized spacial score (nSPS) is 17.4. The van der Waals surface area contributed by atoms with Gasteiger partial charge in [-0.25, -0.2) is 0 Å². The highest BCUT2D eigenvalue weighted by atomic mass is 16.5. The van der Waals surface area contributed by atoms with Crippen LogP contribution in [0.25, 0.3) is 0 Å². The molecule has 154 valence electrons. The van der Waals surface area contributed by atoms with Gasteiger partial charge in [0.15, 0.2) is 0 Å². The van der Waals surface area contributed by atoms with Gasteiger partial charge in [0.05, 0.1) is 13.7 Å². The molecule has 0 aromatic heterocycles. The van der Waals surface area contributed by atoms with Gasteiger partial charge >= 0.3 is 0 Å². The van der Waals surface area contributed by atoms with E-state index in [2.05, 4.69) is 4.90 Å². The maximum Gasteiger partial charge on any atom is 0.127 e. The molecule has 1 fully saturated rings. The highest BCUT2D eigenvalue weighted by molar-refractivity contribution is 5.40. The van der Waals surface area contributed by atoms with Crippen molar-refractivity contribution in [2.45, 2.75) is 44.8 Å². The summed E-state index contributed by atoms with van der Waals surface area (Å²) in [5.74, 6) is 1.46. The average molecular weight is 381 g/mol. The number of aliphatic hydroxyl groups is 2.